The van der Waals surface area contributed by atoms with E-state index in [1.165, 1.54) is 25.0 Å². The molecule has 2 N–H and O–H groups in total. The maximum absolute atomic E-state index is 5.54. The first-order valence-electron chi connectivity index (χ1n) is 4.14. The normalized spacial score (nSPS) is 28.8. The molecule has 0 radical (unpaired) electrons. The van der Waals surface area contributed by atoms with E-state index in [-0.39, 0.29) is 0 Å². The Kier molecular flexibility index (Phi) is 3.57. The van der Waals surface area contributed by atoms with Crippen LogP contribution in [-0.4, -0.2) is 17.5 Å². The SMILES string of the molecule is CC(CN)CC1CCCS1. The minimum Gasteiger partial charge on any atom is -0.330 e. The van der Waals surface area contributed by atoms with Gasteiger partial charge in [0, 0.05) is 5.25 Å². The maximum atomic E-state index is 5.54. The summed E-state index contributed by atoms with van der Waals surface area (Å²) in [5.74, 6) is 2.11. The predicted molar refractivity (Wildman–Crippen MR) is 48.3 cm³/mol. The quantitative estimate of drug-likeness (QED) is 0.680. The van der Waals surface area contributed by atoms with Gasteiger partial charge in [0.25, 0.3) is 0 Å². The van der Waals surface area contributed by atoms with E-state index in [9.17, 15) is 0 Å². The molecule has 0 saturated carbocycles. The standard InChI is InChI=1S/C8H17NS/c1-7(6-9)5-8-3-2-4-10-8/h7-8H,2-6,9H2,1H3. The van der Waals surface area contributed by atoms with Crippen LogP contribution >= 0.6 is 11.8 Å². The second-order valence-electron chi connectivity index (χ2n) is 3.21. The summed E-state index contributed by atoms with van der Waals surface area (Å²) in [4.78, 5) is 0. The minimum atomic E-state index is 0.732. The fourth-order valence-corrected chi connectivity index (χ4v) is 2.84. The zero-order chi connectivity index (χ0) is 7.40. The van der Waals surface area contributed by atoms with Crippen molar-refractivity contribution in [3.05, 3.63) is 0 Å². The molecule has 0 aromatic carbocycles. The van der Waals surface area contributed by atoms with Crippen molar-refractivity contribution in [3.8, 4) is 0 Å². The molecule has 0 amide bonds. The van der Waals surface area contributed by atoms with Crippen LogP contribution in [-0.2, 0) is 0 Å². The molecule has 1 rings (SSSR count). The van der Waals surface area contributed by atoms with Crippen molar-refractivity contribution >= 4 is 11.8 Å². The average molecular weight is 159 g/mol. The number of hydrogen-bond donors (Lipinski definition) is 1. The highest BCUT2D eigenvalue weighted by Crippen LogP contribution is 2.30. The Labute approximate surface area is 67.8 Å². The molecule has 1 nitrogen and oxygen atoms in total. The molecule has 1 aliphatic rings. The van der Waals surface area contributed by atoms with Crippen molar-refractivity contribution < 1.29 is 0 Å². The zero-order valence-corrected chi connectivity index (χ0v) is 7.49. The Morgan fingerprint density at radius 2 is 2.50 bits per heavy atom. The molecule has 2 heteroatoms. The third-order valence-corrected chi connectivity index (χ3v) is 3.52. The van der Waals surface area contributed by atoms with Crippen LogP contribution in [0.25, 0.3) is 0 Å². The highest BCUT2D eigenvalue weighted by Gasteiger charge is 2.17. The van der Waals surface area contributed by atoms with E-state index in [1.807, 2.05) is 0 Å². The summed E-state index contributed by atoms with van der Waals surface area (Å²) in [5, 5.41) is 0.929. The highest BCUT2D eigenvalue weighted by molar-refractivity contribution is 8.00. The van der Waals surface area contributed by atoms with Crippen molar-refractivity contribution in [2.45, 2.75) is 31.4 Å². The highest BCUT2D eigenvalue weighted by atomic mass is 32.2. The van der Waals surface area contributed by atoms with Gasteiger partial charge in [-0.2, -0.15) is 11.8 Å². The van der Waals surface area contributed by atoms with Crippen molar-refractivity contribution in [2.24, 2.45) is 11.7 Å². The Morgan fingerprint density at radius 1 is 1.70 bits per heavy atom. The lowest BCUT2D eigenvalue weighted by atomic mass is 10.0. The summed E-state index contributed by atoms with van der Waals surface area (Å²) in [6.45, 7) is 3.11. The second kappa shape index (κ2) is 4.24. The average Bonchev–Trinajstić information content (AvgIpc) is 2.40. The molecule has 0 spiro atoms. The van der Waals surface area contributed by atoms with Crippen molar-refractivity contribution in [3.63, 3.8) is 0 Å². The van der Waals surface area contributed by atoms with Crippen molar-refractivity contribution in [1.29, 1.82) is 0 Å². The Morgan fingerprint density at radius 3 is 3.00 bits per heavy atom. The van der Waals surface area contributed by atoms with Crippen LogP contribution in [0.4, 0.5) is 0 Å². The number of rotatable bonds is 3. The monoisotopic (exact) mass is 159 g/mol. The fraction of sp³-hybridized carbons (Fsp3) is 1.00. The maximum Gasteiger partial charge on any atom is 0.00503 e. The Balaban J connectivity index is 2.11. The summed E-state index contributed by atoms with van der Waals surface area (Å²) in [6.07, 6.45) is 4.18. The first kappa shape index (κ1) is 8.41. The van der Waals surface area contributed by atoms with Crippen LogP contribution in [0, 0.1) is 5.92 Å². The van der Waals surface area contributed by atoms with E-state index in [4.69, 9.17) is 5.73 Å². The van der Waals surface area contributed by atoms with Gasteiger partial charge in [-0.15, -0.1) is 0 Å². The van der Waals surface area contributed by atoms with Crippen molar-refractivity contribution in [1.82, 2.24) is 0 Å². The van der Waals surface area contributed by atoms with E-state index >= 15 is 0 Å². The Bertz CT molecular complexity index is 89.3. The molecule has 0 aliphatic carbocycles. The molecule has 0 bridgehead atoms. The Hall–Kier alpha value is 0.310. The predicted octanol–water partition coefficient (Wildman–Crippen LogP) is 1.87. The summed E-state index contributed by atoms with van der Waals surface area (Å²) in [7, 11) is 0. The van der Waals surface area contributed by atoms with Gasteiger partial charge < -0.3 is 5.73 Å². The first-order chi connectivity index (χ1) is 4.83. The van der Waals surface area contributed by atoms with Gasteiger partial charge in [0.05, 0.1) is 0 Å². The molecular formula is C8H17NS. The number of thioether (sulfide) groups is 1. The molecule has 2 unspecified atom stereocenters. The lowest BCUT2D eigenvalue weighted by Crippen LogP contribution is -2.14. The molecule has 0 aromatic rings. The smallest absolute Gasteiger partial charge is 0.00503 e. The summed E-state index contributed by atoms with van der Waals surface area (Å²) < 4.78 is 0. The molecular weight excluding hydrogens is 142 g/mol. The molecule has 1 saturated heterocycles. The number of nitrogens with two attached hydrogens (primary N) is 1. The van der Waals surface area contributed by atoms with Gasteiger partial charge in [0.2, 0.25) is 0 Å². The van der Waals surface area contributed by atoms with Gasteiger partial charge in [-0.05, 0) is 37.5 Å². The van der Waals surface area contributed by atoms with Crippen LogP contribution in [0.1, 0.15) is 26.2 Å². The van der Waals surface area contributed by atoms with Gasteiger partial charge in [0.1, 0.15) is 0 Å². The largest absolute Gasteiger partial charge is 0.330 e. The minimum absolute atomic E-state index is 0.732. The topological polar surface area (TPSA) is 26.0 Å². The van der Waals surface area contributed by atoms with Gasteiger partial charge in [-0.25, -0.2) is 0 Å². The third-order valence-electron chi connectivity index (χ3n) is 2.09. The van der Waals surface area contributed by atoms with E-state index in [1.54, 1.807) is 0 Å². The summed E-state index contributed by atoms with van der Waals surface area (Å²) >= 11 is 2.13. The summed E-state index contributed by atoms with van der Waals surface area (Å²) in [6, 6.07) is 0. The van der Waals surface area contributed by atoms with Gasteiger partial charge >= 0.3 is 0 Å². The first-order valence-corrected chi connectivity index (χ1v) is 5.19. The number of hydrogen-bond acceptors (Lipinski definition) is 2. The van der Waals surface area contributed by atoms with Crippen LogP contribution in [0.5, 0.6) is 0 Å². The van der Waals surface area contributed by atoms with Crippen LogP contribution in [0.2, 0.25) is 0 Å². The van der Waals surface area contributed by atoms with Crippen LogP contribution < -0.4 is 5.73 Å². The summed E-state index contributed by atoms with van der Waals surface area (Å²) in [5.41, 5.74) is 5.54. The van der Waals surface area contributed by atoms with E-state index in [0.717, 1.165) is 17.7 Å². The molecule has 1 heterocycles. The van der Waals surface area contributed by atoms with Crippen LogP contribution in [0.15, 0.2) is 0 Å². The van der Waals surface area contributed by atoms with E-state index in [0.29, 0.717) is 0 Å². The zero-order valence-electron chi connectivity index (χ0n) is 6.68. The van der Waals surface area contributed by atoms with E-state index < -0.39 is 0 Å². The third kappa shape index (κ3) is 2.51. The molecule has 1 aliphatic heterocycles. The molecule has 10 heavy (non-hydrogen) atoms. The molecule has 1 fully saturated rings. The van der Waals surface area contributed by atoms with E-state index in [2.05, 4.69) is 18.7 Å². The fourth-order valence-electron chi connectivity index (χ4n) is 1.38. The van der Waals surface area contributed by atoms with Gasteiger partial charge in [-0.3, -0.25) is 0 Å². The lowest BCUT2D eigenvalue weighted by Gasteiger charge is -2.12. The van der Waals surface area contributed by atoms with Crippen LogP contribution in [0.3, 0.4) is 0 Å². The molecule has 60 valence electrons. The van der Waals surface area contributed by atoms with Gasteiger partial charge in [0.15, 0.2) is 0 Å². The van der Waals surface area contributed by atoms with Crippen molar-refractivity contribution in [2.75, 3.05) is 12.3 Å². The van der Waals surface area contributed by atoms with Gasteiger partial charge in [-0.1, -0.05) is 6.92 Å². The second-order valence-corrected chi connectivity index (χ2v) is 4.62. The molecule has 2 atom stereocenters. The lowest BCUT2D eigenvalue weighted by molar-refractivity contribution is 0.523. The molecule has 0 aromatic heterocycles.